The first-order valence-electron chi connectivity index (χ1n) is 9.90. The summed E-state index contributed by atoms with van der Waals surface area (Å²) in [5.41, 5.74) is 1.74. The SMILES string of the molecule is CP(C)(=O)c1cnn(-c2ncc(C(=O)NC(c3ccccc3)c3ccccc3)c(O)n2)c1. The molecule has 0 unspecified atom stereocenters. The lowest BCUT2D eigenvalue weighted by Crippen LogP contribution is -2.29. The second-order valence-electron chi connectivity index (χ2n) is 7.63. The lowest BCUT2D eigenvalue weighted by Gasteiger charge is -2.20. The molecule has 2 N–H and O–H groups in total. The van der Waals surface area contributed by atoms with E-state index in [1.54, 1.807) is 19.5 Å². The van der Waals surface area contributed by atoms with Crippen LogP contribution in [-0.2, 0) is 4.57 Å². The third kappa shape index (κ3) is 4.60. The summed E-state index contributed by atoms with van der Waals surface area (Å²) in [5, 5.41) is 18.1. The largest absolute Gasteiger partial charge is 0.493 e. The van der Waals surface area contributed by atoms with Crippen molar-refractivity contribution in [3.05, 3.63) is 95.9 Å². The Bertz CT molecular complexity index is 1250. The van der Waals surface area contributed by atoms with Crippen LogP contribution in [0.5, 0.6) is 5.88 Å². The van der Waals surface area contributed by atoms with Gasteiger partial charge < -0.3 is 15.0 Å². The van der Waals surface area contributed by atoms with Crippen LogP contribution in [0, 0.1) is 0 Å². The van der Waals surface area contributed by atoms with E-state index in [0.29, 0.717) is 5.30 Å². The maximum Gasteiger partial charge on any atom is 0.259 e. The minimum atomic E-state index is -2.49. The van der Waals surface area contributed by atoms with Crippen molar-refractivity contribution in [1.29, 1.82) is 0 Å². The Morgan fingerprint density at radius 3 is 2.09 bits per heavy atom. The minimum Gasteiger partial charge on any atom is -0.493 e. The topological polar surface area (TPSA) is 110 Å². The fourth-order valence-electron chi connectivity index (χ4n) is 3.19. The number of rotatable bonds is 6. The number of nitrogens with one attached hydrogen (secondary N) is 1. The molecule has 4 aromatic rings. The van der Waals surface area contributed by atoms with Crippen LogP contribution in [-0.4, -0.2) is 44.1 Å². The van der Waals surface area contributed by atoms with Gasteiger partial charge >= 0.3 is 0 Å². The number of carbonyl (C=O) groups is 1. The second-order valence-corrected chi connectivity index (χ2v) is 10.8. The van der Waals surface area contributed by atoms with Crippen LogP contribution >= 0.6 is 7.14 Å². The second kappa shape index (κ2) is 8.77. The van der Waals surface area contributed by atoms with Gasteiger partial charge in [0.1, 0.15) is 12.7 Å². The van der Waals surface area contributed by atoms with Gasteiger partial charge in [-0.05, 0) is 24.5 Å². The number of aromatic nitrogens is 4. The molecule has 2 heterocycles. The summed E-state index contributed by atoms with van der Waals surface area (Å²) in [6, 6.07) is 18.7. The number of amides is 1. The fraction of sp³-hybridized carbons (Fsp3) is 0.130. The first-order chi connectivity index (χ1) is 15.3. The first-order valence-corrected chi connectivity index (χ1v) is 12.5. The lowest BCUT2D eigenvalue weighted by atomic mass is 9.98. The van der Waals surface area contributed by atoms with E-state index in [0.717, 1.165) is 11.1 Å². The normalized spacial score (nSPS) is 11.5. The van der Waals surface area contributed by atoms with E-state index in [-0.39, 0.29) is 11.5 Å². The van der Waals surface area contributed by atoms with Gasteiger partial charge in [-0.1, -0.05) is 60.7 Å². The highest BCUT2D eigenvalue weighted by Crippen LogP contribution is 2.34. The van der Waals surface area contributed by atoms with Crippen LogP contribution in [0.1, 0.15) is 27.5 Å². The summed E-state index contributed by atoms with van der Waals surface area (Å²) in [4.78, 5) is 21.2. The summed E-state index contributed by atoms with van der Waals surface area (Å²) in [7, 11) is -2.49. The number of benzene rings is 2. The molecule has 1 amide bonds. The van der Waals surface area contributed by atoms with E-state index in [1.165, 1.54) is 17.1 Å². The van der Waals surface area contributed by atoms with E-state index in [4.69, 9.17) is 0 Å². The monoisotopic (exact) mass is 447 g/mol. The van der Waals surface area contributed by atoms with Crippen molar-refractivity contribution in [2.24, 2.45) is 0 Å². The quantitative estimate of drug-likeness (QED) is 0.440. The Balaban J connectivity index is 1.61. The summed E-state index contributed by atoms with van der Waals surface area (Å²) in [6.45, 7) is 3.27. The number of hydrogen-bond acceptors (Lipinski definition) is 6. The zero-order valence-corrected chi connectivity index (χ0v) is 18.5. The molecule has 2 aromatic heterocycles. The number of aromatic hydroxyl groups is 1. The molecule has 0 bridgehead atoms. The van der Waals surface area contributed by atoms with Gasteiger partial charge in [0.2, 0.25) is 5.88 Å². The van der Waals surface area contributed by atoms with Crippen LogP contribution in [0.3, 0.4) is 0 Å². The van der Waals surface area contributed by atoms with Crippen molar-refractivity contribution in [2.75, 3.05) is 13.3 Å². The van der Waals surface area contributed by atoms with Crippen molar-refractivity contribution < 1.29 is 14.5 Å². The van der Waals surface area contributed by atoms with Crippen molar-refractivity contribution in [3.8, 4) is 11.8 Å². The molecule has 0 saturated heterocycles. The van der Waals surface area contributed by atoms with E-state index in [2.05, 4.69) is 20.4 Å². The predicted molar refractivity (Wildman–Crippen MR) is 122 cm³/mol. The summed E-state index contributed by atoms with van der Waals surface area (Å²) in [6.07, 6.45) is 4.28. The molecule has 8 nitrogen and oxygen atoms in total. The first kappa shape index (κ1) is 21.5. The van der Waals surface area contributed by atoms with Crippen molar-refractivity contribution in [3.63, 3.8) is 0 Å². The van der Waals surface area contributed by atoms with Gasteiger partial charge in [-0.3, -0.25) is 4.79 Å². The maximum atomic E-state index is 13.0. The average Bonchev–Trinajstić information content (AvgIpc) is 3.29. The van der Waals surface area contributed by atoms with Gasteiger partial charge in [0.15, 0.2) is 0 Å². The Morgan fingerprint density at radius 1 is 1.00 bits per heavy atom. The standard InChI is InChI=1S/C23H22N5O3P/c1-32(2,31)18-13-25-28(15-18)23-24-14-19(22(30)27-23)21(29)26-20(16-9-5-3-6-10-16)17-11-7-4-8-12-17/h3-15,20H,1-2H3,(H,26,29)(H,24,27,30). The zero-order valence-electron chi connectivity index (χ0n) is 17.6. The van der Waals surface area contributed by atoms with Crippen LogP contribution in [0.15, 0.2) is 79.3 Å². The summed E-state index contributed by atoms with van der Waals surface area (Å²) in [5.74, 6) is -0.915. The van der Waals surface area contributed by atoms with Crippen molar-refractivity contribution in [1.82, 2.24) is 25.1 Å². The molecule has 9 heteroatoms. The van der Waals surface area contributed by atoms with Gasteiger partial charge in [-0.25, -0.2) is 9.67 Å². The molecule has 0 aliphatic carbocycles. The molecule has 162 valence electrons. The Hall–Kier alpha value is -3.77. The number of hydrogen-bond donors (Lipinski definition) is 2. The molecule has 0 atom stereocenters. The molecule has 0 aliphatic heterocycles. The third-order valence-corrected chi connectivity index (χ3v) is 6.41. The van der Waals surface area contributed by atoms with Crippen LogP contribution in [0.4, 0.5) is 0 Å². The van der Waals surface area contributed by atoms with Gasteiger partial charge in [0.05, 0.1) is 12.2 Å². The molecule has 0 saturated carbocycles. The van der Waals surface area contributed by atoms with Crippen molar-refractivity contribution in [2.45, 2.75) is 6.04 Å². The molecule has 0 fully saturated rings. The van der Waals surface area contributed by atoms with Gasteiger partial charge in [-0.15, -0.1) is 0 Å². The van der Waals surface area contributed by atoms with Gasteiger partial charge in [0.25, 0.3) is 11.9 Å². The molecule has 0 spiro atoms. The van der Waals surface area contributed by atoms with E-state index < -0.39 is 25.0 Å². The fourth-order valence-corrected chi connectivity index (χ4v) is 3.91. The highest BCUT2D eigenvalue weighted by Gasteiger charge is 2.22. The van der Waals surface area contributed by atoms with Crippen LogP contribution in [0.25, 0.3) is 5.95 Å². The van der Waals surface area contributed by atoms with Gasteiger partial charge in [0, 0.05) is 17.7 Å². The van der Waals surface area contributed by atoms with E-state index >= 15 is 0 Å². The Morgan fingerprint density at radius 2 is 1.59 bits per heavy atom. The Labute approximate surface area is 185 Å². The lowest BCUT2D eigenvalue weighted by molar-refractivity contribution is 0.0939. The number of carbonyl (C=O) groups excluding carboxylic acids is 1. The van der Waals surface area contributed by atoms with Crippen molar-refractivity contribution >= 4 is 18.4 Å². The molecule has 32 heavy (non-hydrogen) atoms. The van der Waals surface area contributed by atoms with Crippen LogP contribution in [0.2, 0.25) is 0 Å². The van der Waals surface area contributed by atoms with Crippen LogP contribution < -0.4 is 10.6 Å². The molecular weight excluding hydrogens is 425 g/mol. The van der Waals surface area contributed by atoms with E-state index in [1.807, 2.05) is 60.7 Å². The smallest absolute Gasteiger partial charge is 0.259 e. The average molecular weight is 447 g/mol. The summed E-state index contributed by atoms with van der Waals surface area (Å²) < 4.78 is 13.5. The predicted octanol–water partition coefficient (Wildman–Crippen LogP) is 3.14. The molecular formula is C23H22N5O3P. The van der Waals surface area contributed by atoms with Gasteiger partial charge in [-0.2, -0.15) is 10.1 Å². The molecule has 0 radical (unpaired) electrons. The molecule has 2 aromatic carbocycles. The number of nitrogens with zero attached hydrogens (tertiary/aromatic N) is 4. The molecule has 0 aliphatic rings. The minimum absolute atomic E-state index is 0.0605. The summed E-state index contributed by atoms with van der Waals surface area (Å²) >= 11 is 0. The molecule has 4 rings (SSSR count). The van der Waals surface area contributed by atoms with E-state index in [9.17, 15) is 14.5 Å². The highest BCUT2D eigenvalue weighted by molar-refractivity contribution is 7.70. The zero-order chi connectivity index (χ0) is 22.7. The highest BCUT2D eigenvalue weighted by atomic mass is 31.2. The Kier molecular flexibility index (Phi) is 5.88. The maximum absolute atomic E-state index is 13.0. The third-order valence-electron chi connectivity index (χ3n) is 4.94.